The summed E-state index contributed by atoms with van der Waals surface area (Å²) >= 11 is 0. The molecule has 1 fully saturated rings. The van der Waals surface area contributed by atoms with Gasteiger partial charge in [-0.25, -0.2) is 0 Å². The summed E-state index contributed by atoms with van der Waals surface area (Å²) in [5, 5.41) is 5.81. The molecule has 1 aromatic rings. The number of benzene rings is 1. The predicted molar refractivity (Wildman–Crippen MR) is 98.1 cm³/mol. The average Bonchev–Trinajstić information content (AvgIpc) is 2.75. The second-order valence-electron chi connectivity index (χ2n) is 7.52. The maximum absolute atomic E-state index is 12.2. The van der Waals surface area contributed by atoms with Crippen molar-refractivity contribution < 1.29 is 9.59 Å². The second-order valence-corrected chi connectivity index (χ2v) is 7.52. The molecule has 1 heterocycles. The quantitative estimate of drug-likeness (QED) is 0.888. The van der Waals surface area contributed by atoms with Crippen LogP contribution in [-0.2, 0) is 9.59 Å². The fourth-order valence-corrected chi connectivity index (χ4v) is 2.69. The van der Waals surface area contributed by atoms with Crippen molar-refractivity contribution in [3.8, 4) is 0 Å². The molecule has 0 aliphatic carbocycles. The SMILES string of the molecule is CC(C)(C)C(=O)Nc1cccc(NC(=O)CN2CCCCCC2)c1. The van der Waals surface area contributed by atoms with Gasteiger partial charge in [-0.3, -0.25) is 14.5 Å². The Morgan fingerprint density at radius 3 is 2.17 bits per heavy atom. The zero-order chi connectivity index (χ0) is 17.6. The molecule has 24 heavy (non-hydrogen) atoms. The topological polar surface area (TPSA) is 61.4 Å². The van der Waals surface area contributed by atoms with Crippen molar-refractivity contribution in [2.45, 2.75) is 46.5 Å². The first-order valence-electron chi connectivity index (χ1n) is 8.78. The monoisotopic (exact) mass is 331 g/mol. The van der Waals surface area contributed by atoms with Crippen LogP contribution < -0.4 is 10.6 Å². The van der Waals surface area contributed by atoms with E-state index >= 15 is 0 Å². The van der Waals surface area contributed by atoms with Crippen molar-refractivity contribution in [2.75, 3.05) is 30.3 Å². The fraction of sp³-hybridized carbons (Fsp3) is 0.579. The van der Waals surface area contributed by atoms with Gasteiger partial charge < -0.3 is 10.6 Å². The molecular weight excluding hydrogens is 302 g/mol. The lowest BCUT2D eigenvalue weighted by Gasteiger charge is -2.20. The first-order chi connectivity index (χ1) is 11.3. The van der Waals surface area contributed by atoms with E-state index in [0.29, 0.717) is 17.9 Å². The van der Waals surface area contributed by atoms with E-state index in [4.69, 9.17) is 0 Å². The van der Waals surface area contributed by atoms with Crippen LogP contribution in [0.1, 0.15) is 46.5 Å². The number of likely N-dealkylation sites (tertiary alicyclic amines) is 1. The van der Waals surface area contributed by atoms with E-state index in [1.807, 2.05) is 39.0 Å². The Morgan fingerprint density at radius 1 is 1.00 bits per heavy atom. The van der Waals surface area contributed by atoms with Gasteiger partial charge in [0.1, 0.15) is 0 Å². The average molecular weight is 331 g/mol. The van der Waals surface area contributed by atoms with Crippen molar-refractivity contribution in [2.24, 2.45) is 5.41 Å². The number of hydrogen-bond acceptors (Lipinski definition) is 3. The highest BCUT2D eigenvalue weighted by Crippen LogP contribution is 2.20. The number of rotatable bonds is 4. The van der Waals surface area contributed by atoms with Crippen LogP contribution in [0.2, 0.25) is 0 Å². The van der Waals surface area contributed by atoms with Crippen LogP contribution in [0.4, 0.5) is 11.4 Å². The van der Waals surface area contributed by atoms with Gasteiger partial charge in [0.2, 0.25) is 11.8 Å². The van der Waals surface area contributed by atoms with Crippen LogP contribution in [0.5, 0.6) is 0 Å². The maximum Gasteiger partial charge on any atom is 0.238 e. The number of amides is 2. The lowest BCUT2D eigenvalue weighted by Crippen LogP contribution is -2.34. The van der Waals surface area contributed by atoms with E-state index in [0.717, 1.165) is 13.1 Å². The molecule has 5 nitrogen and oxygen atoms in total. The third kappa shape index (κ3) is 5.96. The summed E-state index contributed by atoms with van der Waals surface area (Å²) in [7, 11) is 0. The summed E-state index contributed by atoms with van der Waals surface area (Å²) in [6.45, 7) is 8.03. The largest absolute Gasteiger partial charge is 0.326 e. The second kappa shape index (κ2) is 8.29. The van der Waals surface area contributed by atoms with E-state index in [1.165, 1.54) is 25.7 Å². The number of hydrogen-bond donors (Lipinski definition) is 2. The minimum atomic E-state index is -0.452. The molecule has 0 saturated carbocycles. The molecule has 1 aliphatic heterocycles. The fourth-order valence-electron chi connectivity index (χ4n) is 2.69. The molecule has 0 radical (unpaired) electrons. The van der Waals surface area contributed by atoms with Gasteiger partial charge in [0, 0.05) is 16.8 Å². The maximum atomic E-state index is 12.2. The van der Waals surface area contributed by atoms with E-state index in [1.54, 1.807) is 6.07 Å². The molecule has 0 aromatic heterocycles. The molecule has 1 aromatic carbocycles. The first-order valence-corrected chi connectivity index (χ1v) is 8.78. The molecule has 2 N–H and O–H groups in total. The van der Waals surface area contributed by atoms with Gasteiger partial charge >= 0.3 is 0 Å². The summed E-state index contributed by atoms with van der Waals surface area (Å²) < 4.78 is 0. The summed E-state index contributed by atoms with van der Waals surface area (Å²) in [5.74, 6) is -0.0493. The number of nitrogens with one attached hydrogen (secondary N) is 2. The highest BCUT2D eigenvalue weighted by atomic mass is 16.2. The van der Waals surface area contributed by atoms with E-state index in [-0.39, 0.29) is 11.8 Å². The Morgan fingerprint density at radius 2 is 1.58 bits per heavy atom. The third-order valence-electron chi connectivity index (χ3n) is 4.15. The molecule has 0 bridgehead atoms. The molecule has 0 atom stereocenters. The zero-order valence-corrected chi connectivity index (χ0v) is 15.0. The molecule has 5 heteroatoms. The third-order valence-corrected chi connectivity index (χ3v) is 4.15. The van der Waals surface area contributed by atoms with Crippen molar-refractivity contribution >= 4 is 23.2 Å². The summed E-state index contributed by atoms with van der Waals surface area (Å²) in [6.07, 6.45) is 4.85. The van der Waals surface area contributed by atoms with Gasteiger partial charge in [0.15, 0.2) is 0 Å². The highest BCUT2D eigenvalue weighted by molar-refractivity contribution is 5.96. The molecule has 2 amide bonds. The normalized spacial score (nSPS) is 16.3. The smallest absolute Gasteiger partial charge is 0.238 e. The van der Waals surface area contributed by atoms with Gasteiger partial charge in [-0.2, -0.15) is 0 Å². The molecule has 1 saturated heterocycles. The summed E-state index contributed by atoms with van der Waals surface area (Å²) in [5.41, 5.74) is 0.954. The van der Waals surface area contributed by atoms with Crippen LogP contribution in [0.25, 0.3) is 0 Å². The van der Waals surface area contributed by atoms with Crippen LogP contribution >= 0.6 is 0 Å². The van der Waals surface area contributed by atoms with E-state index in [2.05, 4.69) is 15.5 Å². The van der Waals surface area contributed by atoms with Crippen LogP contribution in [0.15, 0.2) is 24.3 Å². The Bertz CT molecular complexity index is 570. The highest BCUT2D eigenvalue weighted by Gasteiger charge is 2.21. The van der Waals surface area contributed by atoms with Crippen molar-refractivity contribution in [1.82, 2.24) is 4.90 Å². The number of carbonyl (C=O) groups is 2. The van der Waals surface area contributed by atoms with Gasteiger partial charge in [0.05, 0.1) is 6.54 Å². The minimum Gasteiger partial charge on any atom is -0.326 e. The van der Waals surface area contributed by atoms with Crippen LogP contribution in [0, 0.1) is 5.41 Å². The van der Waals surface area contributed by atoms with Gasteiger partial charge in [0.25, 0.3) is 0 Å². The van der Waals surface area contributed by atoms with Gasteiger partial charge in [-0.05, 0) is 44.1 Å². The molecule has 2 rings (SSSR count). The Kier molecular flexibility index (Phi) is 6.37. The Balaban J connectivity index is 1.91. The van der Waals surface area contributed by atoms with Gasteiger partial charge in [-0.1, -0.05) is 39.7 Å². The zero-order valence-electron chi connectivity index (χ0n) is 15.0. The van der Waals surface area contributed by atoms with E-state index in [9.17, 15) is 9.59 Å². The Labute approximate surface area is 144 Å². The molecule has 132 valence electrons. The molecule has 1 aliphatic rings. The number of nitrogens with zero attached hydrogens (tertiary/aromatic N) is 1. The lowest BCUT2D eigenvalue weighted by atomic mass is 9.95. The number of anilines is 2. The minimum absolute atomic E-state index is 0.00352. The standard InChI is InChI=1S/C19H29N3O2/c1-19(2,3)18(24)21-16-10-8-9-15(13-16)20-17(23)14-22-11-6-4-5-7-12-22/h8-10,13H,4-7,11-12,14H2,1-3H3,(H,20,23)(H,21,24). The van der Waals surface area contributed by atoms with Gasteiger partial charge in [-0.15, -0.1) is 0 Å². The summed E-state index contributed by atoms with van der Waals surface area (Å²) in [4.78, 5) is 26.5. The van der Waals surface area contributed by atoms with Crippen LogP contribution in [0.3, 0.4) is 0 Å². The number of carbonyl (C=O) groups excluding carboxylic acids is 2. The predicted octanol–water partition coefficient (Wildman–Crippen LogP) is 3.49. The first kappa shape index (κ1) is 18.5. The molecule has 0 unspecified atom stereocenters. The van der Waals surface area contributed by atoms with Crippen molar-refractivity contribution in [3.63, 3.8) is 0 Å². The van der Waals surface area contributed by atoms with Crippen molar-refractivity contribution in [1.29, 1.82) is 0 Å². The Hall–Kier alpha value is -1.88. The molecular formula is C19H29N3O2. The summed E-state index contributed by atoms with van der Waals surface area (Å²) in [6, 6.07) is 7.30. The molecule has 0 spiro atoms. The van der Waals surface area contributed by atoms with Crippen LogP contribution in [-0.4, -0.2) is 36.3 Å². The lowest BCUT2D eigenvalue weighted by molar-refractivity contribution is -0.123. The van der Waals surface area contributed by atoms with Crippen molar-refractivity contribution in [3.05, 3.63) is 24.3 Å². The van der Waals surface area contributed by atoms with E-state index < -0.39 is 5.41 Å².